The van der Waals surface area contributed by atoms with Gasteiger partial charge in [0, 0.05) is 0 Å². The molecule has 0 saturated carbocycles. The Morgan fingerprint density at radius 3 is 3.00 bits per heavy atom. The molecule has 0 radical (unpaired) electrons. The van der Waals surface area contributed by atoms with Crippen LogP contribution < -0.4 is 5.32 Å². The van der Waals surface area contributed by atoms with Gasteiger partial charge in [-0.15, -0.1) is 5.10 Å². The molecule has 0 bridgehead atoms. The summed E-state index contributed by atoms with van der Waals surface area (Å²) < 4.78 is 0. The van der Waals surface area contributed by atoms with Gasteiger partial charge in [0.15, 0.2) is 0 Å². The van der Waals surface area contributed by atoms with Gasteiger partial charge in [-0.05, 0) is 12.1 Å². The molecular formula is C6H7N7O. The molecule has 0 aliphatic heterocycles. The molecule has 2 aromatic rings. The number of rotatable bonds is 2. The first-order valence-corrected chi connectivity index (χ1v) is 3.82. The zero-order chi connectivity index (χ0) is 9.97. The Morgan fingerprint density at radius 1 is 1.57 bits per heavy atom. The quantitative estimate of drug-likeness (QED) is 0.594. The molecule has 2 aromatic heterocycles. The van der Waals surface area contributed by atoms with Crippen LogP contribution in [0.15, 0.2) is 6.20 Å². The van der Waals surface area contributed by atoms with Crippen molar-refractivity contribution in [2.45, 2.75) is 6.92 Å². The van der Waals surface area contributed by atoms with Crippen molar-refractivity contribution in [3.05, 3.63) is 17.7 Å². The number of hydrogen-bond donors (Lipinski definition) is 3. The van der Waals surface area contributed by atoms with Crippen molar-refractivity contribution in [1.82, 2.24) is 30.6 Å². The lowest BCUT2D eigenvalue weighted by molar-refractivity contribution is 0.102. The van der Waals surface area contributed by atoms with E-state index in [0.29, 0.717) is 11.5 Å². The lowest BCUT2D eigenvalue weighted by Gasteiger charge is -1.95. The van der Waals surface area contributed by atoms with Crippen LogP contribution in [0.4, 0.5) is 5.95 Å². The molecule has 2 heterocycles. The SMILES string of the molecule is Cc1ncc(C(=O)Nc2nn[nH]n2)[nH]1. The van der Waals surface area contributed by atoms with Gasteiger partial charge < -0.3 is 4.98 Å². The predicted molar refractivity (Wildman–Crippen MR) is 45.5 cm³/mol. The largest absolute Gasteiger partial charge is 0.338 e. The molecule has 0 unspecified atom stereocenters. The van der Waals surface area contributed by atoms with E-state index in [-0.39, 0.29) is 11.9 Å². The standard InChI is InChI=1S/C6H7N7O/c1-3-7-2-4(8-3)5(14)9-6-10-12-13-11-6/h2H,1H3,(H,7,8)(H2,9,10,11,12,13,14). The lowest BCUT2D eigenvalue weighted by atomic mass is 10.4. The first-order chi connectivity index (χ1) is 6.75. The molecule has 2 rings (SSSR count). The highest BCUT2D eigenvalue weighted by molar-refractivity contribution is 6.01. The summed E-state index contributed by atoms with van der Waals surface area (Å²) in [5.74, 6) is 0.442. The van der Waals surface area contributed by atoms with Gasteiger partial charge in [-0.2, -0.15) is 5.21 Å². The third-order valence-electron chi connectivity index (χ3n) is 1.52. The number of nitrogens with zero attached hydrogens (tertiary/aromatic N) is 4. The van der Waals surface area contributed by atoms with Crippen LogP contribution in [0.25, 0.3) is 0 Å². The maximum absolute atomic E-state index is 11.4. The fourth-order valence-electron chi connectivity index (χ4n) is 0.920. The number of anilines is 1. The molecule has 0 spiro atoms. The third-order valence-corrected chi connectivity index (χ3v) is 1.52. The molecule has 14 heavy (non-hydrogen) atoms. The predicted octanol–water partition coefficient (Wildman–Crippen LogP) is -0.516. The second-order valence-corrected chi connectivity index (χ2v) is 2.57. The van der Waals surface area contributed by atoms with Gasteiger partial charge in [0.2, 0.25) is 0 Å². The van der Waals surface area contributed by atoms with Crippen LogP contribution in [-0.4, -0.2) is 36.5 Å². The fraction of sp³-hybridized carbons (Fsp3) is 0.167. The Hall–Kier alpha value is -2.25. The minimum Gasteiger partial charge on any atom is -0.338 e. The van der Waals surface area contributed by atoms with Crippen LogP contribution in [0.2, 0.25) is 0 Å². The molecule has 0 atom stereocenters. The average Bonchev–Trinajstić information content (AvgIpc) is 2.75. The Labute approximate surface area is 78.1 Å². The molecule has 0 fully saturated rings. The monoisotopic (exact) mass is 193 g/mol. The van der Waals surface area contributed by atoms with E-state index in [9.17, 15) is 4.79 Å². The smallest absolute Gasteiger partial charge is 0.276 e. The first kappa shape index (κ1) is 8.35. The highest BCUT2D eigenvalue weighted by atomic mass is 16.2. The summed E-state index contributed by atoms with van der Waals surface area (Å²) in [7, 11) is 0. The maximum Gasteiger partial charge on any atom is 0.276 e. The number of imidazole rings is 1. The number of H-pyrrole nitrogens is 2. The number of aromatic amines is 2. The Morgan fingerprint density at radius 2 is 2.43 bits per heavy atom. The van der Waals surface area contributed by atoms with Gasteiger partial charge >= 0.3 is 0 Å². The van der Waals surface area contributed by atoms with Crippen LogP contribution in [-0.2, 0) is 0 Å². The first-order valence-electron chi connectivity index (χ1n) is 3.82. The number of nitrogens with one attached hydrogen (secondary N) is 3. The molecule has 3 N–H and O–H groups in total. The van der Waals surface area contributed by atoms with Gasteiger partial charge in [-0.3, -0.25) is 10.1 Å². The number of carbonyl (C=O) groups excluding carboxylic acids is 1. The minimum atomic E-state index is -0.355. The summed E-state index contributed by atoms with van der Waals surface area (Å²) in [6.07, 6.45) is 1.44. The van der Waals surface area contributed by atoms with Crippen LogP contribution in [0.1, 0.15) is 16.3 Å². The van der Waals surface area contributed by atoms with E-state index in [1.807, 2.05) is 0 Å². The van der Waals surface area contributed by atoms with Crippen LogP contribution in [0.3, 0.4) is 0 Å². The Bertz CT molecular complexity index is 431. The van der Waals surface area contributed by atoms with Crippen molar-refractivity contribution >= 4 is 11.9 Å². The molecule has 8 nitrogen and oxygen atoms in total. The summed E-state index contributed by atoms with van der Waals surface area (Å²) in [6.45, 7) is 1.76. The summed E-state index contributed by atoms with van der Waals surface area (Å²) >= 11 is 0. The van der Waals surface area contributed by atoms with Crippen LogP contribution >= 0.6 is 0 Å². The number of hydrogen-bond acceptors (Lipinski definition) is 5. The topological polar surface area (TPSA) is 112 Å². The van der Waals surface area contributed by atoms with Crippen molar-refractivity contribution in [1.29, 1.82) is 0 Å². The number of aryl methyl sites for hydroxylation is 1. The third kappa shape index (κ3) is 1.58. The molecule has 0 saturated heterocycles. The number of amides is 1. The lowest BCUT2D eigenvalue weighted by Crippen LogP contribution is -2.13. The average molecular weight is 193 g/mol. The Kier molecular flexibility index (Phi) is 1.94. The van der Waals surface area contributed by atoms with E-state index in [0.717, 1.165) is 0 Å². The Balaban J connectivity index is 2.10. The summed E-state index contributed by atoms with van der Waals surface area (Å²) in [5, 5.41) is 15.1. The van der Waals surface area contributed by atoms with Crippen molar-refractivity contribution in [2.24, 2.45) is 0 Å². The number of aromatic nitrogens is 6. The molecular weight excluding hydrogens is 186 g/mol. The molecule has 1 amide bonds. The number of tetrazole rings is 1. The van der Waals surface area contributed by atoms with E-state index in [4.69, 9.17) is 0 Å². The van der Waals surface area contributed by atoms with Gasteiger partial charge in [-0.25, -0.2) is 4.98 Å². The van der Waals surface area contributed by atoms with Gasteiger partial charge in [0.25, 0.3) is 11.9 Å². The molecule has 72 valence electrons. The van der Waals surface area contributed by atoms with Crippen molar-refractivity contribution < 1.29 is 4.79 Å². The van der Waals surface area contributed by atoms with E-state index < -0.39 is 0 Å². The number of carbonyl (C=O) groups is 1. The maximum atomic E-state index is 11.4. The highest BCUT2D eigenvalue weighted by Gasteiger charge is 2.10. The second kappa shape index (κ2) is 3.24. The molecule has 0 aromatic carbocycles. The molecule has 0 aliphatic rings. The second-order valence-electron chi connectivity index (χ2n) is 2.57. The van der Waals surface area contributed by atoms with Crippen LogP contribution in [0, 0.1) is 6.92 Å². The van der Waals surface area contributed by atoms with Gasteiger partial charge in [0.05, 0.1) is 6.20 Å². The zero-order valence-corrected chi connectivity index (χ0v) is 7.27. The van der Waals surface area contributed by atoms with Crippen molar-refractivity contribution in [3.63, 3.8) is 0 Å². The zero-order valence-electron chi connectivity index (χ0n) is 7.27. The van der Waals surface area contributed by atoms with Crippen LogP contribution in [0.5, 0.6) is 0 Å². The highest BCUT2D eigenvalue weighted by Crippen LogP contribution is 1.99. The van der Waals surface area contributed by atoms with E-state index in [1.165, 1.54) is 6.20 Å². The van der Waals surface area contributed by atoms with E-state index in [2.05, 4.69) is 35.9 Å². The van der Waals surface area contributed by atoms with Gasteiger partial charge in [0.1, 0.15) is 11.5 Å². The fourth-order valence-corrected chi connectivity index (χ4v) is 0.920. The van der Waals surface area contributed by atoms with Gasteiger partial charge in [-0.1, -0.05) is 5.10 Å². The van der Waals surface area contributed by atoms with Crippen molar-refractivity contribution in [3.8, 4) is 0 Å². The summed E-state index contributed by atoms with van der Waals surface area (Å²) in [6, 6.07) is 0. The van der Waals surface area contributed by atoms with E-state index >= 15 is 0 Å². The molecule has 8 heteroatoms. The molecule has 0 aliphatic carbocycles. The van der Waals surface area contributed by atoms with E-state index in [1.54, 1.807) is 6.92 Å². The normalized spacial score (nSPS) is 10.1. The summed E-state index contributed by atoms with van der Waals surface area (Å²) in [4.78, 5) is 18.1. The minimum absolute atomic E-state index is 0.127. The van der Waals surface area contributed by atoms with Crippen molar-refractivity contribution in [2.75, 3.05) is 5.32 Å². The summed E-state index contributed by atoms with van der Waals surface area (Å²) in [5.41, 5.74) is 0.354.